The molecule has 0 radical (unpaired) electrons. The molecule has 2 aliphatic rings. The summed E-state index contributed by atoms with van der Waals surface area (Å²) in [7, 11) is -3.97. The fourth-order valence-electron chi connectivity index (χ4n) is 4.32. The Morgan fingerprint density at radius 3 is 2.59 bits per heavy atom. The Labute approximate surface area is 180 Å². The number of nitrogens with zero attached hydrogens (tertiary/aromatic N) is 1. The van der Waals surface area contributed by atoms with Crippen LogP contribution < -0.4 is 15.6 Å². The molecule has 0 bridgehead atoms. The van der Waals surface area contributed by atoms with Gasteiger partial charge in [0.1, 0.15) is 21.8 Å². The molecular formula is C20H23Cl2N3O3S. The van der Waals surface area contributed by atoms with Gasteiger partial charge >= 0.3 is 0 Å². The second-order valence-corrected chi connectivity index (χ2v) is 9.91. The molecular weight excluding hydrogens is 433 g/mol. The van der Waals surface area contributed by atoms with E-state index in [0.717, 1.165) is 31.5 Å². The number of likely N-dealkylation sites (tertiary alicyclic amines) is 1. The molecule has 1 aliphatic carbocycles. The fraction of sp³-hybridized carbons (Fsp3) is 0.400. The SMILES string of the molecule is NCC1CCN([C@@H]2Cc3ccccc3[C@H]2Oc2ccc(S(N)(=O)=O)c(Cl)c2Cl)C1. The van der Waals surface area contributed by atoms with Crippen LogP contribution in [0.1, 0.15) is 23.7 Å². The Morgan fingerprint density at radius 2 is 1.90 bits per heavy atom. The molecule has 2 aromatic carbocycles. The topological polar surface area (TPSA) is 98.6 Å². The van der Waals surface area contributed by atoms with Crippen LogP contribution in [0, 0.1) is 5.92 Å². The zero-order chi connectivity index (χ0) is 20.8. The van der Waals surface area contributed by atoms with E-state index in [2.05, 4.69) is 17.0 Å². The molecule has 0 amide bonds. The molecule has 6 nitrogen and oxygen atoms in total. The zero-order valence-electron chi connectivity index (χ0n) is 15.7. The van der Waals surface area contributed by atoms with Crippen LogP contribution in [0.3, 0.4) is 0 Å². The number of ether oxygens (including phenoxy) is 1. The summed E-state index contributed by atoms with van der Waals surface area (Å²) in [5.74, 6) is 0.830. The maximum atomic E-state index is 11.7. The van der Waals surface area contributed by atoms with Crippen molar-refractivity contribution in [1.82, 2.24) is 4.90 Å². The van der Waals surface area contributed by atoms with E-state index in [-0.39, 0.29) is 27.1 Å². The van der Waals surface area contributed by atoms with Gasteiger partial charge in [-0.1, -0.05) is 47.5 Å². The molecule has 156 valence electrons. The van der Waals surface area contributed by atoms with Gasteiger partial charge in [-0.25, -0.2) is 13.6 Å². The number of hydrogen-bond donors (Lipinski definition) is 2. The van der Waals surface area contributed by atoms with Gasteiger partial charge < -0.3 is 10.5 Å². The highest BCUT2D eigenvalue weighted by Gasteiger charge is 2.40. The molecule has 1 unspecified atom stereocenters. The predicted octanol–water partition coefficient (Wildman–Crippen LogP) is 2.97. The molecule has 4 rings (SSSR count). The van der Waals surface area contributed by atoms with E-state index in [1.807, 2.05) is 12.1 Å². The number of hydrogen-bond acceptors (Lipinski definition) is 5. The van der Waals surface area contributed by atoms with Crippen molar-refractivity contribution in [3.8, 4) is 5.75 Å². The zero-order valence-corrected chi connectivity index (χ0v) is 18.1. The highest BCUT2D eigenvalue weighted by molar-refractivity contribution is 7.89. The van der Waals surface area contributed by atoms with Crippen molar-refractivity contribution in [2.24, 2.45) is 16.8 Å². The summed E-state index contributed by atoms with van der Waals surface area (Å²) in [6.07, 6.45) is 1.71. The highest BCUT2D eigenvalue weighted by atomic mass is 35.5. The molecule has 1 aliphatic heterocycles. The Bertz CT molecular complexity index is 1030. The van der Waals surface area contributed by atoms with Gasteiger partial charge in [0, 0.05) is 6.54 Å². The number of halogens is 2. The predicted molar refractivity (Wildman–Crippen MR) is 114 cm³/mol. The van der Waals surface area contributed by atoms with Crippen molar-refractivity contribution >= 4 is 33.2 Å². The molecule has 0 aromatic heterocycles. The average Bonchev–Trinajstić information content (AvgIpc) is 3.29. The van der Waals surface area contributed by atoms with Crippen LogP contribution in [-0.4, -0.2) is 39.0 Å². The summed E-state index contributed by atoms with van der Waals surface area (Å²) >= 11 is 12.5. The first kappa shape index (κ1) is 20.9. The van der Waals surface area contributed by atoms with E-state index in [4.69, 9.17) is 38.8 Å². The van der Waals surface area contributed by atoms with Crippen LogP contribution >= 0.6 is 23.2 Å². The molecule has 3 atom stereocenters. The first-order valence-electron chi connectivity index (χ1n) is 9.49. The van der Waals surface area contributed by atoms with E-state index >= 15 is 0 Å². The minimum absolute atomic E-state index is 0.0441. The van der Waals surface area contributed by atoms with Gasteiger partial charge in [-0.15, -0.1) is 0 Å². The summed E-state index contributed by atoms with van der Waals surface area (Å²) in [6, 6.07) is 11.2. The van der Waals surface area contributed by atoms with Crippen LogP contribution in [0.25, 0.3) is 0 Å². The van der Waals surface area contributed by atoms with Gasteiger partial charge in [-0.3, -0.25) is 4.90 Å². The van der Waals surface area contributed by atoms with Gasteiger partial charge in [0.2, 0.25) is 10.0 Å². The van der Waals surface area contributed by atoms with E-state index in [9.17, 15) is 8.42 Å². The third-order valence-corrected chi connectivity index (χ3v) is 7.76. The summed E-state index contributed by atoms with van der Waals surface area (Å²) in [6.45, 7) is 2.59. The maximum Gasteiger partial charge on any atom is 0.239 e. The molecule has 4 N–H and O–H groups in total. The lowest BCUT2D eigenvalue weighted by Gasteiger charge is -2.30. The molecule has 29 heavy (non-hydrogen) atoms. The average molecular weight is 456 g/mol. The molecule has 2 aromatic rings. The van der Waals surface area contributed by atoms with E-state index < -0.39 is 10.0 Å². The van der Waals surface area contributed by atoms with Crippen LogP contribution in [0.2, 0.25) is 10.0 Å². The van der Waals surface area contributed by atoms with Gasteiger partial charge in [0.25, 0.3) is 0 Å². The van der Waals surface area contributed by atoms with Gasteiger partial charge in [0.15, 0.2) is 0 Å². The lowest BCUT2D eigenvalue weighted by atomic mass is 10.1. The molecule has 0 saturated carbocycles. The van der Waals surface area contributed by atoms with Crippen LogP contribution in [0.5, 0.6) is 5.75 Å². The number of sulfonamides is 1. The minimum atomic E-state index is -3.97. The van der Waals surface area contributed by atoms with E-state index in [1.165, 1.54) is 17.7 Å². The van der Waals surface area contributed by atoms with E-state index in [1.54, 1.807) is 0 Å². The molecule has 9 heteroatoms. The number of rotatable bonds is 5. The van der Waals surface area contributed by atoms with Gasteiger partial charge in [-0.2, -0.15) is 0 Å². The first-order chi connectivity index (χ1) is 13.8. The minimum Gasteiger partial charge on any atom is -0.482 e. The van der Waals surface area contributed by atoms with Crippen molar-refractivity contribution in [3.05, 3.63) is 57.6 Å². The number of fused-ring (bicyclic) bond motifs is 1. The summed E-state index contributed by atoms with van der Waals surface area (Å²) < 4.78 is 29.7. The van der Waals surface area contributed by atoms with Crippen molar-refractivity contribution < 1.29 is 13.2 Å². The molecule has 0 spiro atoms. The Morgan fingerprint density at radius 1 is 1.14 bits per heavy atom. The maximum absolute atomic E-state index is 11.7. The second kappa shape index (κ2) is 8.06. The standard InChI is InChI=1S/C20H23Cl2N3O3S/c21-18-16(5-6-17(19(18)22)29(24,26)27)28-20-14-4-2-1-3-13(14)9-15(20)25-8-7-12(10-23)11-25/h1-6,12,15,20H,7-11,23H2,(H2,24,26,27)/t12?,15-,20-/m1/s1. The smallest absolute Gasteiger partial charge is 0.239 e. The van der Waals surface area contributed by atoms with Crippen LogP contribution in [0.15, 0.2) is 41.3 Å². The lowest BCUT2D eigenvalue weighted by Crippen LogP contribution is -2.39. The monoisotopic (exact) mass is 455 g/mol. The molecule has 1 heterocycles. The number of primary sulfonamides is 1. The third-order valence-electron chi connectivity index (χ3n) is 5.83. The first-order valence-corrected chi connectivity index (χ1v) is 11.8. The fourth-order valence-corrected chi connectivity index (χ4v) is 5.67. The Balaban J connectivity index is 1.67. The Kier molecular flexibility index (Phi) is 5.81. The summed E-state index contributed by atoms with van der Waals surface area (Å²) in [4.78, 5) is 2.21. The van der Waals surface area contributed by atoms with Gasteiger partial charge in [-0.05, 0) is 55.1 Å². The van der Waals surface area contributed by atoms with Crippen molar-refractivity contribution in [2.75, 3.05) is 19.6 Å². The van der Waals surface area contributed by atoms with Gasteiger partial charge in [0.05, 0.1) is 11.1 Å². The van der Waals surface area contributed by atoms with Crippen LogP contribution in [0.4, 0.5) is 0 Å². The highest BCUT2D eigenvalue weighted by Crippen LogP contribution is 2.43. The van der Waals surface area contributed by atoms with Crippen molar-refractivity contribution in [2.45, 2.75) is 29.9 Å². The summed E-state index contributed by atoms with van der Waals surface area (Å²) in [5, 5.41) is 5.12. The molecule has 1 saturated heterocycles. The largest absolute Gasteiger partial charge is 0.482 e. The number of nitrogens with two attached hydrogens (primary N) is 2. The number of benzene rings is 2. The summed E-state index contributed by atoms with van der Waals surface area (Å²) in [5.41, 5.74) is 8.22. The Hall–Kier alpha value is -1.35. The quantitative estimate of drug-likeness (QED) is 0.721. The molecule has 1 fully saturated rings. The lowest BCUT2D eigenvalue weighted by molar-refractivity contribution is 0.0917. The van der Waals surface area contributed by atoms with Crippen molar-refractivity contribution in [3.63, 3.8) is 0 Å². The normalized spacial score (nSPS) is 24.6. The second-order valence-electron chi connectivity index (χ2n) is 7.63. The van der Waals surface area contributed by atoms with Crippen LogP contribution in [-0.2, 0) is 16.4 Å². The van der Waals surface area contributed by atoms with Crippen molar-refractivity contribution in [1.29, 1.82) is 0 Å². The van der Waals surface area contributed by atoms with E-state index in [0.29, 0.717) is 18.2 Å². The third kappa shape index (κ3) is 4.00.